The Morgan fingerprint density at radius 2 is 1.13 bits per heavy atom. The molecule has 1 rings (SSSR count). The summed E-state index contributed by atoms with van der Waals surface area (Å²) in [5.74, 6) is -1.37. The lowest BCUT2D eigenvalue weighted by Gasteiger charge is -2.24. The summed E-state index contributed by atoms with van der Waals surface area (Å²) in [5, 5.41) is 0. The molecule has 2 unspecified atom stereocenters. The molecule has 4 nitrogen and oxygen atoms in total. The Kier molecular flexibility index (Phi) is 17.3. The van der Waals surface area contributed by atoms with Crippen molar-refractivity contribution in [3.05, 3.63) is 12.2 Å². The summed E-state index contributed by atoms with van der Waals surface area (Å²) in [6.07, 6.45) is 23.4. The lowest BCUT2D eigenvalue weighted by Crippen LogP contribution is -2.33. The lowest BCUT2D eigenvalue weighted by atomic mass is 9.84. The average molecular weight is 437 g/mol. The van der Waals surface area contributed by atoms with Crippen molar-refractivity contribution < 1.29 is 19.1 Å². The van der Waals surface area contributed by atoms with Crippen LogP contribution < -0.4 is 0 Å². The molecule has 2 atom stereocenters. The van der Waals surface area contributed by atoms with E-state index in [4.69, 9.17) is 9.47 Å². The van der Waals surface area contributed by atoms with E-state index in [9.17, 15) is 9.59 Å². The molecule has 0 aromatic carbocycles. The number of unbranched alkanes of at least 4 members (excludes halogenated alkanes) is 13. The van der Waals surface area contributed by atoms with Crippen LogP contribution in [-0.2, 0) is 19.1 Å². The zero-order valence-electron chi connectivity index (χ0n) is 20.4. The van der Waals surface area contributed by atoms with Gasteiger partial charge in [-0.1, -0.05) is 109 Å². The van der Waals surface area contributed by atoms with Gasteiger partial charge in [0, 0.05) is 0 Å². The zero-order valence-corrected chi connectivity index (χ0v) is 20.4. The summed E-state index contributed by atoms with van der Waals surface area (Å²) in [6.45, 7) is 5.38. The van der Waals surface area contributed by atoms with Crippen LogP contribution in [0.25, 0.3) is 0 Å². The van der Waals surface area contributed by atoms with Gasteiger partial charge in [-0.05, 0) is 25.7 Å². The first kappa shape index (κ1) is 27.7. The van der Waals surface area contributed by atoms with Gasteiger partial charge in [0.05, 0.1) is 25.0 Å². The third kappa shape index (κ3) is 13.6. The van der Waals surface area contributed by atoms with E-state index in [1.54, 1.807) is 0 Å². The van der Waals surface area contributed by atoms with Crippen LogP contribution in [0.3, 0.4) is 0 Å². The molecule has 0 amide bonds. The minimum Gasteiger partial charge on any atom is -0.465 e. The first-order valence-electron chi connectivity index (χ1n) is 13.2. The minimum atomic E-state index is -0.482. The van der Waals surface area contributed by atoms with Crippen LogP contribution in [0.15, 0.2) is 12.2 Å². The molecule has 0 N–H and O–H groups in total. The van der Waals surface area contributed by atoms with E-state index in [0.29, 0.717) is 19.6 Å². The van der Waals surface area contributed by atoms with Gasteiger partial charge in [-0.2, -0.15) is 0 Å². The summed E-state index contributed by atoms with van der Waals surface area (Å²) >= 11 is 0. The number of carbonyl (C=O) groups excluding carboxylic acids is 2. The number of esters is 2. The van der Waals surface area contributed by atoms with Gasteiger partial charge in [0.25, 0.3) is 0 Å². The Morgan fingerprint density at radius 3 is 1.65 bits per heavy atom. The number of carbonyl (C=O) groups is 2. The Balaban J connectivity index is 2.18. The van der Waals surface area contributed by atoms with Crippen molar-refractivity contribution in [3.63, 3.8) is 0 Å². The maximum Gasteiger partial charge on any atom is 0.313 e. The molecule has 0 saturated carbocycles. The predicted molar refractivity (Wildman–Crippen MR) is 128 cm³/mol. The maximum absolute atomic E-state index is 12.6. The third-order valence-electron chi connectivity index (χ3n) is 6.23. The molecule has 0 heterocycles. The second-order valence-electron chi connectivity index (χ2n) is 9.07. The highest BCUT2D eigenvalue weighted by Gasteiger charge is 2.35. The lowest BCUT2D eigenvalue weighted by molar-refractivity contribution is -0.159. The van der Waals surface area contributed by atoms with E-state index in [1.165, 1.54) is 70.6 Å². The molecule has 0 saturated heterocycles. The highest BCUT2D eigenvalue weighted by atomic mass is 16.5. The monoisotopic (exact) mass is 436 g/mol. The van der Waals surface area contributed by atoms with Crippen molar-refractivity contribution in [1.82, 2.24) is 0 Å². The number of rotatable bonds is 19. The molecular formula is C27H48O4. The predicted octanol–water partition coefficient (Wildman–Crippen LogP) is 7.55. The fourth-order valence-corrected chi connectivity index (χ4v) is 4.18. The van der Waals surface area contributed by atoms with Crippen molar-refractivity contribution in [1.29, 1.82) is 0 Å². The molecule has 0 aliphatic heterocycles. The average Bonchev–Trinajstić information content (AvgIpc) is 2.79. The van der Waals surface area contributed by atoms with Crippen LogP contribution in [0, 0.1) is 11.8 Å². The summed E-state index contributed by atoms with van der Waals surface area (Å²) < 4.78 is 11.0. The Bertz CT molecular complexity index is 486. The Morgan fingerprint density at radius 1 is 0.677 bits per heavy atom. The molecule has 180 valence electrons. The first-order valence-corrected chi connectivity index (χ1v) is 13.2. The van der Waals surface area contributed by atoms with E-state index >= 15 is 0 Å². The van der Waals surface area contributed by atoms with Gasteiger partial charge >= 0.3 is 11.9 Å². The van der Waals surface area contributed by atoms with Crippen LogP contribution in [-0.4, -0.2) is 25.2 Å². The SMILES string of the molecule is CCCCCCCCCCOC(=O)C1CCC=CC1C(=O)OCCCCCCCCC. The number of ether oxygens (including phenoxy) is 2. The molecule has 1 aliphatic carbocycles. The van der Waals surface area contributed by atoms with Gasteiger partial charge < -0.3 is 9.47 Å². The van der Waals surface area contributed by atoms with Crippen LogP contribution >= 0.6 is 0 Å². The molecule has 0 aromatic heterocycles. The summed E-state index contributed by atoms with van der Waals surface area (Å²) in [6, 6.07) is 0. The largest absolute Gasteiger partial charge is 0.465 e. The first-order chi connectivity index (χ1) is 15.2. The molecule has 0 aromatic rings. The van der Waals surface area contributed by atoms with Crippen LogP contribution in [0.2, 0.25) is 0 Å². The third-order valence-corrected chi connectivity index (χ3v) is 6.23. The van der Waals surface area contributed by atoms with E-state index < -0.39 is 5.92 Å². The molecule has 0 fully saturated rings. The molecule has 0 radical (unpaired) electrons. The van der Waals surface area contributed by atoms with Crippen molar-refractivity contribution in [2.24, 2.45) is 11.8 Å². The van der Waals surface area contributed by atoms with Crippen molar-refractivity contribution in [3.8, 4) is 0 Å². The van der Waals surface area contributed by atoms with Crippen molar-refractivity contribution in [2.45, 2.75) is 123 Å². The number of hydrogen-bond acceptors (Lipinski definition) is 4. The van der Waals surface area contributed by atoms with Crippen LogP contribution in [0.5, 0.6) is 0 Å². The van der Waals surface area contributed by atoms with E-state index in [0.717, 1.165) is 32.1 Å². The highest BCUT2D eigenvalue weighted by molar-refractivity contribution is 5.83. The topological polar surface area (TPSA) is 52.6 Å². The standard InChI is InChI=1S/C27H48O4/c1-3-5-7-9-11-13-15-19-23-31-27(29)25-21-17-16-20-24(25)26(28)30-22-18-14-12-10-8-6-4-2/h16,20,24-25H,3-15,17-19,21-23H2,1-2H3. The smallest absolute Gasteiger partial charge is 0.313 e. The van der Waals surface area contributed by atoms with Crippen LogP contribution in [0.4, 0.5) is 0 Å². The fraction of sp³-hybridized carbons (Fsp3) is 0.852. The van der Waals surface area contributed by atoms with E-state index in [1.807, 2.05) is 12.2 Å². The van der Waals surface area contributed by atoms with Crippen LogP contribution in [0.1, 0.15) is 123 Å². The fourth-order valence-electron chi connectivity index (χ4n) is 4.18. The van der Waals surface area contributed by atoms with Gasteiger partial charge in [0.2, 0.25) is 0 Å². The summed E-state index contributed by atoms with van der Waals surface area (Å²) in [7, 11) is 0. The second-order valence-corrected chi connectivity index (χ2v) is 9.07. The zero-order chi connectivity index (χ0) is 22.6. The van der Waals surface area contributed by atoms with Crippen molar-refractivity contribution in [2.75, 3.05) is 13.2 Å². The van der Waals surface area contributed by atoms with Gasteiger partial charge in [-0.3, -0.25) is 9.59 Å². The molecule has 31 heavy (non-hydrogen) atoms. The minimum absolute atomic E-state index is 0.231. The van der Waals surface area contributed by atoms with E-state index in [-0.39, 0.29) is 17.9 Å². The van der Waals surface area contributed by atoms with Gasteiger partial charge in [0.1, 0.15) is 0 Å². The highest BCUT2D eigenvalue weighted by Crippen LogP contribution is 2.27. The maximum atomic E-state index is 12.6. The summed E-state index contributed by atoms with van der Waals surface area (Å²) in [5.41, 5.74) is 0. The molecule has 1 aliphatic rings. The quantitative estimate of drug-likeness (QED) is 0.119. The number of allylic oxidation sites excluding steroid dienone is 1. The number of hydrogen-bond donors (Lipinski definition) is 0. The molecule has 0 bridgehead atoms. The Hall–Kier alpha value is -1.32. The van der Waals surface area contributed by atoms with Crippen molar-refractivity contribution >= 4 is 11.9 Å². The Labute approximate surface area is 191 Å². The molecular weight excluding hydrogens is 388 g/mol. The molecule has 4 heteroatoms. The second kappa shape index (κ2) is 19.4. The van der Waals surface area contributed by atoms with E-state index in [2.05, 4.69) is 13.8 Å². The van der Waals surface area contributed by atoms with Gasteiger partial charge in [-0.25, -0.2) is 0 Å². The van der Waals surface area contributed by atoms with Gasteiger partial charge in [0.15, 0.2) is 0 Å². The molecule has 0 spiro atoms. The summed E-state index contributed by atoms with van der Waals surface area (Å²) in [4.78, 5) is 25.1. The normalized spacial score (nSPS) is 18.1. The van der Waals surface area contributed by atoms with Gasteiger partial charge in [-0.15, -0.1) is 0 Å².